The van der Waals surface area contributed by atoms with Crippen LogP contribution in [-0.2, 0) is 34.4 Å². The third-order valence-corrected chi connectivity index (χ3v) is 18.3. The molecule has 8 N–H and O–H groups in total. The molecule has 83 heavy (non-hydrogen) atoms. The number of benzene rings is 3. The summed E-state index contributed by atoms with van der Waals surface area (Å²) < 4.78 is 86.9. The minimum Gasteiger partial charge on any atom is -0.456 e. The molecule has 0 bridgehead atoms. The first-order valence-corrected chi connectivity index (χ1v) is 33.9. The zero-order valence-electron chi connectivity index (χ0n) is 50.1. The van der Waals surface area contributed by atoms with Crippen LogP contribution < -0.4 is 24.9 Å². The summed E-state index contributed by atoms with van der Waals surface area (Å²) in [6.45, 7) is 12.8. The summed E-state index contributed by atoms with van der Waals surface area (Å²) in [5, 5.41) is 56.1. The summed E-state index contributed by atoms with van der Waals surface area (Å²) in [6.07, 6.45) is 17.0. The van der Waals surface area contributed by atoms with Crippen molar-refractivity contribution in [3.05, 3.63) is 72.1 Å². The summed E-state index contributed by atoms with van der Waals surface area (Å²) in [6, 6.07) is 14.4. The van der Waals surface area contributed by atoms with Gasteiger partial charge < -0.3 is 49.6 Å². The van der Waals surface area contributed by atoms with Gasteiger partial charge in [-0.25, -0.2) is 17.7 Å². The normalized spacial score (nSPS) is 18.5. The summed E-state index contributed by atoms with van der Waals surface area (Å²) in [4.78, 5) is 14.5. The van der Waals surface area contributed by atoms with Gasteiger partial charge >= 0.3 is 0 Å². The molecule has 2 aliphatic heterocycles. The van der Waals surface area contributed by atoms with E-state index in [1.807, 2.05) is 42.5 Å². The molecule has 0 saturated carbocycles. The van der Waals surface area contributed by atoms with Crippen molar-refractivity contribution in [2.75, 3.05) is 50.8 Å². The van der Waals surface area contributed by atoms with E-state index >= 15 is 0 Å². The Kier molecular flexibility index (Phi) is 30.1. The number of unbranched alkanes of at least 4 members (excludes halogenated alkanes) is 19. The molecular formula is C63H99N4O14S2+. The number of fused-ring (bicyclic) bond motifs is 2. The van der Waals surface area contributed by atoms with E-state index in [0.717, 1.165) is 107 Å². The maximum absolute atomic E-state index is 13.7. The number of carbonyl (C=O) groups excluding carboxylic acids is 1. The molecule has 7 atom stereocenters. The molecule has 20 heteroatoms. The molecule has 0 aromatic heterocycles. The molecule has 5 rings (SSSR count). The van der Waals surface area contributed by atoms with Crippen LogP contribution in [0.2, 0.25) is 0 Å². The number of amides is 1. The van der Waals surface area contributed by atoms with Crippen LogP contribution >= 0.6 is 0 Å². The van der Waals surface area contributed by atoms with Gasteiger partial charge in [-0.1, -0.05) is 134 Å². The molecule has 3 aliphatic rings. The number of ether oxygens (including phenoxy) is 2. The van der Waals surface area contributed by atoms with E-state index in [4.69, 9.17) is 13.9 Å². The van der Waals surface area contributed by atoms with Crippen LogP contribution in [0, 0.1) is 0 Å². The van der Waals surface area contributed by atoms with Crippen molar-refractivity contribution in [1.29, 1.82) is 0 Å². The van der Waals surface area contributed by atoms with E-state index in [2.05, 4.69) is 54.1 Å². The van der Waals surface area contributed by atoms with Crippen LogP contribution in [0.1, 0.15) is 176 Å². The number of rotatable bonds is 40. The lowest BCUT2D eigenvalue weighted by atomic mass is 9.93. The number of nitrogens with one attached hydrogen (secondary N) is 2. The van der Waals surface area contributed by atoms with E-state index in [9.17, 15) is 51.7 Å². The number of sulfonamides is 1. The average molecular weight is 1200 g/mol. The molecule has 466 valence electrons. The van der Waals surface area contributed by atoms with Gasteiger partial charge in [0, 0.05) is 66.0 Å². The molecule has 0 unspecified atom stereocenters. The highest BCUT2D eigenvalue weighted by Gasteiger charge is 2.44. The number of hydrogen-bond donors (Lipinski definition) is 8. The van der Waals surface area contributed by atoms with Gasteiger partial charge in [0.2, 0.25) is 21.3 Å². The quantitative estimate of drug-likeness (QED) is 0.00678. The summed E-state index contributed by atoms with van der Waals surface area (Å²) in [5.41, 5.74) is 2.66. The Morgan fingerprint density at radius 2 is 1.33 bits per heavy atom. The predicted molar refractivity (Wildman–Crippen MR) is 327 cm³/mol. The van der Waals surface area contributed by atoms with Crippen molar-refractivity contribution in [3.63, 3.8) is 0 Å². The van der Waals surface area contributed by atoms with E-state index in [1.165, 1.54) is 69.9 Å². The van der Waals surface area contributed by atoms with Crippen molar-refractivity contribution >= 4 is 42.7 Å². The van der Waals surface area contributed by atoms with E-state index in [-0.39, 0.29) is 35.9 Å². The van der Waals surface area contributed by atoms with Gasteiger partial charge in [-0.3, -0.25) is 9.35 Å². The van der Waals surface area contributed by atoms with Crippen LogP contribution in [0.5, 0.6) is 0 Å². The Hall–Kier alpha value is -4.32. The zero-order chi connectivity index (χ0) is 60.4. The molecule has 1 aliphatic carbocycles. The van der Waals surface area contributed by atoms with Gasteiger partial charge in [0.1, 0.15) is 53.7 Å². The van der Waals surface area contributed by atoms with E-state index < -0.39 is 74.5 Å². The molecule has 2 aromatic carbocycles. The molecule has 1 saturated heterocycles. The first-order chi connectivity index (χ1) is 39.9. The fraction of sp³-hybridized carbons (Fsp3) is 0.651. The number of hydrogen-bond acceptors (Lipinski definition) is 14. The topological polar surface area (TPSA) is 269 Å². The first kappa shape index (κ1) is 69.5. The van der Waals surface area contributed by atoms with Gasteiger partial charge in [0.05, 0.1) is 36.3 Å². The second kappa shape index (κ2) is 36.0. The molecule has 18 nitrogen and oxygen atoms in total. The van der Waals surface area contributed by atoms with Crippen molar-refractivity contribution in [3.8, 4) is 22.5 Å². The van der Waals surface area contributed by atoms with Crippen LogP contribution in [-0.4, -0.2) is 142 Å². The largest absolute Gasteiger partial charge is 0.456 e. The third kappa shape index (κ3) is 21.3. The second-order valence-corrected chi connectivity index (χ2v) is 25.2. The molecule has 0 radical (unpaired) electrons. The lowest BCUT2D eigenvalue weighted by molar-refractivity contribution is -0.302. The lowest BCUT2D eigenvalue weighted by Crippen LogP contribution is -2.60. The van der Waals surface area contributed by atoms with Crippen molar-refractivity contribution in [1.82, 2.24) is 14.6 Å². The van der Waals surface area contributed by atoms with Crippen LogP contribution in [0.4, 0.5) is 5.69 Å². The number of allylic oxidation sites excluding steroid dienone is 1. The van der Waals surface area contributed by atoms with Gasteiger partial charge in [0.25, 0.3) is 10.1 Å². The van der Waals surface area contributed by atoms with Gasteiger partial charge in [-0.2, -0.15) is 8.42 Å². The molecule has 2 heterocycles. The highest BCUT2D eigenvalue weighted by atomic mass is 32.2. The van der Waals surface area contributed by atoms with Gasteiger partial charge in [0.15, 0.2) is 6.29 Å². The third-order valence-electron chi connectivity index (χ3n) is 16.0. The van der Waals surface area contributed by atoms with Gasteiger partial charge in [-0.15, -0.1) is 0 Å². The number of nitrogens with zero attached hydrogens (tertiary/aromatic N) is 2. The smallest absolute Gasteiger partial charge is 0.295 e. The minimum absolute atomic E-state index is 0.139. The average Bonchev–Trinajstić information content (AvgIpc) is 3.67. The van der Waals surface area contributed by atoms with Crippen LogP contribution in [0.25, 0.3) is 33.4 Å². The number of aliphatic hydroxyl groups is 5. The standard InChI is InChI=1S/C63H98N4O14S2/c1-6-11-12-13-14-15-16-17-18-20-23-26-29-32-53(69)52(45-79-63-62(73)61(72)60(71)56(44-68)81-63)65-58(70)33-30-27-24-21-19-22-25-28-31-40-64-82(74,75)48-36-39-51(57(43-48)83(76,77)78)59-49-37-34-46(66(7-2)8-3)41-54(49)80-55-42-47(35-38-50(55)59)67(9-4)10-5/h29,32,34-39,41-43,52-53,56,60-64,68-69,71-73H,6-28,30-31,33,40,44-45H2,1-5H3,(H-,65,70,76,77,78)/p+1/b32-29+/t52-,53+,56+,60-,61-,62+,63+/m0/s1. The second-order valence-electron chi connectivity index (χ2n) is 22.1. The lowest BCUT2D eigenvalue weighted by Gasteiger charge is -2.40. The molecule has 1 amide bonds. The fourth-order valence-corrected chi connectivity index (χ4v) is 12.9. The van der Waals surface area contributed by atoms with E-state index in [1.54, 1.807) is 6.08 Å². The van der Waals surface area contributed by atoms with Crippen molar-refractivity contribution < 1.29 is 65.6 Å². The number of anilines is 1. The first-order valence-electron chi connectivity index (χ1n) is 30.9. The summed E-state index contributed by atoms with van der Waals surface area (Å²) in [5.74, 6) is 0.226. The Morgan fingerprint density at radius 1 is 0.723 bits per heavy atom. The summed E-state index contributed by atoms with van der Waals surface area (Å²) in [7, 11) is -9.11. The highest BCUT2D eigenvalue weighted by Crippen LogP contribution is 2.43. The predicted octanol–water partition coefficient (Wildman–Crippen LogP) is 9.21. The Morgan fingerprint density at radius 3 is 1.93 bits per heavy atom. The van der Waals surface area contributed by atoms with Gasteiger partial charge in [-0.05, 0) is 83.7 Å². The highest BCUT2D eigenvalue weighted by molar-refractivity contribution is 7.89. The number of aliphatic hydroxyl groups excluding tert-OH is 5. The Bertz CT molecular complexity index is 2870. The molecule has 1 fully saturated rings. The van der Waals surface area contributed by atoms with Crippen molar-refractivity contribution in [2.45, 2.75) is 229 Å². The molecule has 2 aromatic rings. The molecular weight excluding hydrogens is 1100 g/mol. The minimum atomic E-state index is -4.94. The maximum atomic E-state index is 13.7. The fourth-order valence-electron chi connectivity index (χ4n) is 11.0. The van der Waals surface area contributed by atoms with Crippen LogP contribution in [0.15, 0.2) is 81.0 Å². The SMILES string of the molecule is CCCCCCCCCCCCC/C=C/[C@@H](O)[C@H](CO[C@@H]1O[C@H](CO)[C@H](O)[C@H](O)[C@H]1O)NC(=O)CCCCCCCCCCCNS(=O)(=O)c1ccc(-c2c3ccc(=[N+](CC)CC)cc-3oc3cc(N(CC)CC)ccc23)c(S(=O)(=O)O)c1. The van der Waals surface area contributed by atoms with E-state index in [0.29, 0.717) is 40.7 Å². The Balaban J connectivity index is 1.07. The number of carbonyl (C=O) groups is 1. The summed E-state index contributed by atoms with van der Waals surface area (Å²) >= 11 is 0. The maximum Gasteiger partial charge on any atom is 0.295 e. The zero-order valence-corrected chi connectivity index (χ0v) is 51.7. The van der Waals surface area contributed by atoms with Crippen LogP contribution in [0.3, 0.4) is 0 Å². The molecule has 0 spiro atoms. The van der Waals surface area contributed by atoms with Crippen molar-refractivity contribution in [2.24, 2.45) is 0 Å². The Labute approximate surface area is 494 Å². The monoisotopic (exact) mass is 1200 g/mol.